The van der Waals surface area contributed by atoms with E-state index in [1.165, 1.54) is 0 Å². The van der Waals surface area contributed by atoms with Gasteiger partial charge in [0.15, 0.2) is 33.3 Å². The number of aromatic nitrogens is 6. The maximum absolute atomic E-state index is 12.7. The molecule has 3 unspecified atom stereocenters. The molecule has 0 aliphatic rings. The van der Waals surface area contributed by atoms with Crippen molar-refractivity contribution in [2.45, 2.75) is 254 Å². The first-order valence-corrected chi connectivity index (χ1v) is 70.7. The number of nitrogens with zero attached hydrogens (tertiary/aromatic N) is 6. The van der Waals surface area contributed by atoms with Crippen molar-refractivity contribution in [3.05, 3.63) is 197 Å². The van der Waals surface area contributed by atoms with Crippen LogP contribution in [0.1, 0.15) is 201 Å². The molecule has 0 spiro atoms. The predicted octanol–water partition coefficient (Wildman–Crippen LogP) is 25.7. The molecule has 3 atom stereocenters. The average Bonchev–Trinajstić information content (AvgIpc) is 0.810. The maximum atomic E-state index is 12.7. The zero-order valence-corrected chi connectivity index (χ0v) is 94.0. The molecule has 2 aromatic heterocycles. The number of carbonyl (C=O) groups is 6. The van der Waals surface area contributed by atoms with Crippen LogP contribution >= 0.6 is 0 Å². The molecule has 9 aromatic rings. The minimum absolute atomic E-state index is 0.0831. The van der Waals surface area contributed by atoms with Crippen LogP contribution in [0.2, 0.25) is 116 Å². The van der Waals surface area contributed by atoms with E-state index < -0.39 is 59.0 Å². The fraction of sp³-hybridized carbons (Fsp3) is 0.471. The van der Waals surface area contributed by atoms with Crippen molar-refractivity contribution < 1.29 is 77.8 Å². The number of carbonyl (C=O) groups excluding carboxylic acids is 6. The molecule has 0 aliphatic carbocycles. The highest BCUT2D eigenvalue weighted by atomic mass is 28.5. The first-order chi connectivity index (χ1) is 66.9. The van der Waals surface area contributed by atoms with E-state index in [4.69, 9.17) is 63.9 Å². The Morgan fingerprint density at radius 2 is 0.475 bits per heavy atom. The lowest BCUT2D eigenvalue weighted by Crippen LogP contribution is -2.58. The number of nitrogens with one attached hydrogen (secondary N) is 9. The first-order valence-electron chi connectivity index (χ1n) is 49.6. The molecule has 2 heterocycles. The van der Waals surface area contributed by atoms with E-state index in [-0.39, 0.29) is 53.3 Å². The lowest BCUT2D eigenvalue weighted by atomic mass is 10.1. The van der Waals surface area contributed by atoms with Crippen molar-refractivity contribution in [1.29, 1.82) is 0 Å². The first kappa shape index (κ1) is 115. The highest BCUT2D eigenvalue weighted by Gasteiger charge is 2.48. The summed E-state index contributed by atoms with van der Waals surface area (Å²) in [7, 11) is -16.5. The molecule has 766 valence electrons. The zero-order valence-electron chi connectivity index (χ0n) is 87.0. The van der Waals surface area contributed by atoms with Gasteiger partial charge < -0.3 is 96.8 Å². The minimum atomic E-state index is -2.93. The van der Waals surface area contributed by atoms with Gasteiger partial charge in [0.2, 0.25) is 35.7 Å². The summed E-state index contributed by atoms with van der Waals surface area (Å²) in [5.74, 6) is -0.376. The summed E-state index contributed by atoms with van der Waals surface area (Å²) in [6, 6.07) is 49.8. The average molecular weight is 2060 g/mol. The summed E-state index contributed by atoms with van der Waals surface area (Å²) in [6.45, 7) is 51.3. The van der Waals surface area contributed by atoms with E-state index in [1.807, 2.05) is 70.2 Å². The third kappa shape index (κ3) is 42.9. The Hall–Kier alpha value is -11.1. The number of esters is 6. The van der Waals surface area contributed by atoms with Crippen LogP contribution < -0.4 is 47.9 Å². The molecular weight excluding hydrogens is 1900 g/mol. The Morgan fingerprint density at radius 3 is 0.716 bits per heavy atom. The summed E-state index contributed by atoms with van der Waals surface area (Å²) in [5, 5.41) is 30.6. The molecule has 39 heteroatoms. The molecule has 0 fully saturated rings. The quantitative estimate of drug-likeness (QED) is 0.00740. The van der Waals surface area contributed by atoms with Gasteiger partial charge in [-0.2, -0.15) is 29.9 Å². The van der Waals surface area contributed by atoms with E-state index in [9.17, 15) is 28.8 Å². The van der Waals surface area contributed by atoms with Crippen molar-refractivity contribution in [1.82, 2.24) is 29.9 Å². The van der Waals surface area contributed by atoms with Crippen molar-refractivity contribution >= 4 is 182 Å². The molecule has 9 rings (SSSR count). The highest BCUT2D eigenvalue weighted by Crippen LogP contribution is 2.36. The fourth-order valence-electron chi connectivity index (χ4n) is 14.5. The van der Waals surface area contributed by atoms with Crippen LogP contribution in [-0.2, 0) is 49.0 Å². The molecule has 9 N–H and O–H groups in total. The molecule has 0 saturated heterocycles. The third-order valence-corrected chi connectivity index (χ3v) is 45.6. The monoisotopic (exact) mass is 2060 g/mol. The van der Waals surface area contributed by atoms with Gasteiger partial charge in [-0.15, -0.1) is 0 Å². The van der Waals surface area contributed by atoms with Gasteiger partial charge in [0.1, 0.15) is 0 Å². The molecule has 32 nitrogen and oxygen atoms in total. The maximum Gasteiger partial charge on any atom is 0.338 e. The van der Waals surface area contributed by atoms with Crippen LogP contribution in [0.5, 0.6) is 0 Å². The van der Waals surface area contributed by atoms with E-state index in [2.05, 4.69) is 182 Å². The highest BCUT2D eigenvalue weighted by molar-refractivity contribution is 6.90. The number of hydrogen-bond donors (Lipinski definition) is 9. The van der Waals surface area contributed by atoms with Gasteiger partial charge >= 0.3 is 61.5 Å². The molecule has 0 bridgehead atoms. The van der Waals surface area contributed by atoms with Crippen LogP contribution in [0, 0.1) is 0 Å². The number of rotatable bonds is 60. The van der Waals surface area contributed by atoms with Crippen molar-refractivity contribution in [3.8, 4) is 0 Å². The summed E-state index contributed by atoms with van der Waals surface area (Å²) < 4.78 is 67.7. The Labute approximate surface area is 842 Å². The fourth-order valence-corrected chi connectivity index (χ4v) is 45.2. The van der Waals surface area contributed by atoms with Crippen LogP contribution in [0.4, 0.5) is 86.9 Å². The number of hydrogen-bond acceptors (Lipinski definition) is 32. The van der Waals surface area contributed by atoms with Crippen LogP contribution in [-0.4, -0.2) is 184 Å². The summed E-state index contributed by atoms with van der Waals surface area (Å²) in [4.78, 5) is 104. The number of unbranched alkanes of at least 4 members (excludes halogenated alkanes) is 6. The normalized spacial score (nSPS) is 12.7. The van der Waals surface area contributed by atoms with E-state index in [1.54, 1.807) is 121 Å². The van der Waals surface area contributed by atoms with Crippen LogP contribution in [0.3, 0.4) is 0 Å². The van der Waals surface area contributed by atoms with Crippen LogP contribution in [0.15, 0.2) is 164 Å². The van der Waals surface area contributed by atoms with Gasteiger partial charge in [-0.25, -0.2) is 28.8 Å². The molecule has 0 saturated carbocycles. The van der Waals surface area contributed by atoms with Gasteiger partial charge in [0, 0.05) is 76.4 Å². The van der Waals surface area contributed by atoms with Gasteiger partial charge in [0.25, 0.3) is 0 Å². The second kappa shape index (κ2) is 56.7. The van der Waals surface area contributed by atoms with Gasteiger partial charge in [-0.3, -0.25) is 0 Å². The van der Waals surface area contributed by atoms with Gasteiger partial charge in [-0.1, -0.05) is 87.0 Å². The lowest BCUT2D eigenvalue weighted by molar-refractivity contribution is 0.0490. The SMILES string of the molecule is CCCCOC(=O)c1ccc(Nc2cc(NCCC[Si](C)(O[Si](C)(C)C)O[Si](C)(CCCNc3nc(Nc4ccc(C(=O)OCCCC)cc4)nc(Nc4ccc(C(=O)OCCCC)cc4)n3)O[Si](C)(C)C)cc(Nc3ccc(C(=O)OCCCC)cc3)c2)cc1.CCCCOC(=O)c1ccc(Nc2nc(NCC(C)[Si](C)(O[Si](C)(C)C)O[Si](C)(C)C)nc(Nc3ccc(C(=O)OCCCC)cc3)n2)cc1. The van der Waals surface area contributed by atoms with Crippen LogP contribution in [0.25, 0.3) is 0 Å². The van der Waals surface area contributed by atoms with E-state index in [0.29, 0.717) is 152 Å². The minimum Gasteiger partial charge on any atom is -0.462 e. The topological polar surface area (TPSA) is 390 Å². The van der Waals surface area contributed by atoms with Crippen molar-refractivity contribution in [2.24, 2.45) is 0 Å². The second-order valence-corrected chi connectivity index (χ2v) is 68.7. The molecular formula is C102H153N15O17Si7. The number of ether oxygens (including phenoxy) is 6. The molecule has 0 aliphatic heterocycles. The standard InChI is InChI=1S/C67H97N9O11Si4.C35H56N6O6Si3/c1-13-17-41-81-61(77)50-23-31-54(32-24-50)70-59-47-58(48-60(49-59)71-55-33-25-51(26-34-55)62(78)82-42-18-14-2)68-39-21-45-90(11,85-88(5,6)7)87-91(12,86-89(8,9)10)46-22-40-69-65-74-66(72-56-35-27-52(28-36-56)63(79)83-43-19-15-3)76-67(75-65)73-57-37-29-53(30-38-57)64(80)84-44-20-16-4;1-11-13-23-44-31(42)27-15-19-29(20-16-27)37-34-39-33(36-25-26(3)50(10,46-48(4,5)6)47-49(7,8)9)40-35(41-34)38-30-21-17-28(18-22-30)32(43)45-24-14-12-2/h23-38,47-49,68,70-71H,13-22,39-46H2,1-12H3,(H3,69,72,73,74,75,76);15-22,26H,11-14,23-25H2,1-10H3,(H3,36,37,38,39,40,41). The number of benzene rings is 7. The Morgan fingerprint density at radius 1 is 0.255 bits per heavy atom. The van der Waals surface area contributed by atoms with E-state index in [0.717, 1.165) is 118 Å². The Bertz CT molecular complexity index is 4910. The lowest BCUT2D eigenvalue weighted by Gasteiger charge is -2.43. The summed E-state index contributed by atoms with van der Waals surface area (Å²) >= 11 is 0. The Balaban J connectivity index is 0.000000410. The second-order valence-electron chi connectivity index (χ2n) is 39.1. The Kier molecular flexibility index (Phi) is 46.3. The van der Waals surface area contributed by atoms with Gasteiger partial charge in [-0.05, 0) is 325 Å². The predicted molar refractivity (Wildman–Crippen MR) is 583 cm³/mol. The summed E-state index contributed by atoms with van der Waals surface area (Å²) in [5.41, 5.74) is 9.62. The largest absolute Gasteiger partial charge is 0.462 e. The molecule has 141 heavy (non-hydrogen) atoms. The molecule has 0 amide bonds. The third-order valence-electron chi connectivity index (χ3n) is 21.1. The van der Waals surface area contributed by atoms with Crippen molar-refractivity contribution in [3.63, 3.8) is 0 Å². The number of anilines is 15. The van der Waals surface area contributed by atoms with Crippen molar-refractivity contribution in [2.75, 3.05) is 107 Å². The molecule has 7 aromatic carbocycles. The van der Waals surface area contributed by atoms with Gasteiger partial charge in [0.05, 0.1) is 73.0 Å². The smallest absolute Gasteiger partial charge is 0.338 e. The molecule has 0 radical (unpaired) electrons. The zero-order chi connectivity index (χ0) is 103. The summed E-state index contributed by atoms with van der Waals surface area (Å²) in [6.07, 6.45) is 11.9. The van der Waals surface area contributed by atoms with E-state index >= 15 is 0 Å².